The highest BCUT2D eigenvalue weighted by molar-refractivity contribution is 5.75. The highest BCUT2D eigenvalue weighted by Crippen LogP contribution is 2.21. The molecule has 0 aliphatic heterocycles. The zero-order chi connectivity index (χ0) is 12.2. The normalized spacial score (nSPS) is 14.2. The number of rotatable bonds is 5. The zero-order valence-electron chi connectivity index (χ0n) is 9.43. The molecule has 1 aromatic carbocycles. The van der Waals surface area contributed by atoms with Crippen molar-refractivity contribution >= 4 is 5.97 Å². The van der Waals surface area contributed by atoms with Gasteiger partial charge in [-0.2, -0.15) is 0 Å². The van der Waals surface area contributed by atoms with Gasteiger partial charge in [0.2, 0.25) is 0 Å². The number of carboxylic acid groups (broad SMARTS) is 1. The van der Waals surface area contributed by atoms with Gasteiger partial charge in [-0.25, -0.2) is 4.79 Å². The van der Waals surface area contributed by atoms with E-state index in [0.29, 0.717) is 12.2 Å². The summed E-state index contributed by atoms with van der Waals surface area (Å²) in [5, 5.41) is 18.7. The van der Waals surface area contributed by atoms with Crippen LogP contribution in [0.25, 0.3) is 0 Å². The lowest BCUT2D eigenvalue weighted by atomic mass is 10.1. The number of carbonyl (C=O) groups is 1. The van der Waals surface area contributed by atoms with Crippen molar-refractivity contribution in [2.24, 2.45) is 0 Å². The molecular weight excluding hydrogens is 208 g/mol. The van der Waals surface area contributed by atoms with Gasteiger partial charge >= 0.3 is 11.8 Å². The lowest BCUT2D eigenvalue weighted by molar-refractivity contribution is -0.195. The fourth-order valence-electron chi connectivity index (χ4n) is 1.34. The summed E-state index contributed by atoms with van der Waals surface area (Å²) in [5.41, 5.74) is 1.04. The van der Waals surface area contributed by atoms with Crippen LogP contribution in [0, 0.1) is 6.92 Å². The summed E-state index contributed by atoms with van der Waals surface area (Å²) in [4.78, 5) is 10.9. The smallest absolute Gasteiger partial charge is 0.377 e. The van der Waals surface area contributed by atoms with Gasteiger partial charge in [0.25, 0.3) is 0 Å². The van der Waals surface area contributed by atoms with Gasteiger partial charge in [-0.05, 0) is 25.5 Å². The minimum atomic E-state index is -2.13. The summed E-state index contributed by atoms with van der Waals surface area (Å²) in [6.07, 6.45) is 0.574. The van der Waals surface area contributed by atoms with E-state index < -0.39 is 11.8 Å². The Morgan fingerprint density at radius 2 is 1.94 bits per heavy atom. The molecule has 0 aliphatic rings. The topological polar surface area (TPSA) is 66.8 Å². The number of aryl methyl sites for hydroxylation is 1. The lowest BCUT2D eigenvalue weighted by Gasteiger charge is -2.24. The van der Waals surface area contributed by atoms with Gasteiger partial charge in [-0.3, -0.25) is 0 Å². The summed E-state index contributed by atoms with van der Waals surface area (Å²) in [7, 11) is 0. The first-order valence-electron chi connectivity index (χ1n) is 5.19. The Bertz CT molecular complexity index is 358. The van der Waals surface area contributed by atoms with E-state index in [2.05, 4.69) is 0 Å². The van der Waals surface area contributed by atoms with E-state index >= 15 is 0 Å². The quantitative estimate of drug-likeness (QED) is 0.750. The molecule has 4 heteroatoms. The molecule has 0 saturated heterocycles. The van der Waals surface area contributed by atoms with Gasteiger partial charge in [0, 0.05) is 6.42 Å². The number of aliphatic hydroxyl groups is 1. The van der Waals surface area contributed by atoms with Gasteiger partial charge in [-0.15, -0.1) is 0 Å². The highest BCUT2D eigenvalue weighted by Gasteiger charge is 2.37. The van der Waals surface area contributed by atoms with Crippen LogP contribution in [0.4, 0.5) is 0 Å². The molecule has 1 unspecified atom stereocenters. The molecule has 0 radical (unpaired) electrons. The van der Waals surface area contributed by atoms with E-state index in [1.165, 1.54) is 0 Å². The molecule has 4 nitrogen and oxygen atoms in total. The third-order valence-electron chi connectivity index (χ3n) is 2.23. The average Bonchev–Trinajstić information content (AvgIpc) is 2.22. The minimum absolute atomic E-state index is 0.0518. The predicted octanol–water partition coefficient (Wildman–Crippen LogP) is 1.95. The van der Waals surface area contributed by atoms with Crippen molar-refractivity contribution in [3.8, 4) is 5.75 Å². The van der Waals surface area contributed by atoms with Crippen molar-refractivity contribution in [2.45, 2.75) is 32.5 Å². The molecule has 1 aromatic rings. The number of hydrogen-bond acceptors (Lipinski definition) is 3. The molecule has 88 valence electrons. The zero-order valence-corrected chi connectivity index (χ0v) is 9.43. The minimum Gasteiger partial charge on any atom is -0.476 e. The van der Waals surface area contributed by atoms with Crippen LogP contribution in [0.15, 0.2) is 24.3 Å². The summed E-state index contributed by atoms with van der Waals surface area (Å²) in [6.45, 7) is 3.70. The fraction of sp³-hybridized carbons (Fsp3) is 0.417. The first kappa shape index (κ1) is 12.5. The Hall–Kier alpha value is -1.55. The van der Waals surface area contributed by atoms with E-state index in [1.54, 1.807) is 31.2 Å². The predicted molar refractivity (Wildman–Crippen MR) is 59.3 cm³/mol. The third-order valence-corrected chi connectivity index (χ3v) is 2.23. The third kappa shape index (κ3) is 2.97. The van der Waals surface area contributed by atoms with Crippen molar-refractivity contribution in [2.75, 3.05) is 0 Å². The monoisotopic (exact) mass is 224 g/mol. The molecule has 2 N–H and O–H groups in total. The Kier molecular flexibility index (Phi) is 3.90. The standard InChI is InChI=1S/C12H16O4/c1-3-8-12(15,11(13)14)16-10-6-4-9(2)5-7-10/h4-7,15H,3,8H2,1-2H3,(H,13,14). The first-order chi connectivity index (χ1) is 7.48. The van der Waals surface area contributed by atoms with E-state index in [1.807, 2.05) is 6.92 Å². The Morgan fingerprint density at radius 3 is 2.38 bits per heavy atom. The van der Waals surface area contributed by atoms with Crippen LogP contribution in [0.3, 0.4) is 0 Å². The second-order valence-corrected chi connectivity index (χ2v) is 3.75. The van der Waals surface area contributed by atoms with Crippen LogP contribution in [-0.4, -0.2) is 22.0 Å². The molecule has 0 aromatic heterocycles. The van der Waals surface area contributed by atoms with Gasteiger partial charge in [0.15, 0.2) is 0 Å². The number of benzene rings is 1. The molecule has 1 rings (SSSR count). The number of carboxylic acids is 1. The molecule has 0 spiro atoms. The molecule has 0 saturated carbocycles. The van der Waals surface area contributed by atoms with Gasteiger partial charge in [0.05, 0.1) is 0 Å². The van der Waals surface area contributed by atoms with Gasteiger partial charge < -0.3 is 14.9 Å². The van der Waals surface area contributed by atoms with E-state index in [4.69, 9.17) is 9.84 Å². The maximum Gasteiger partial charge on any atom is 0.377 e. The molecule has 0 aliphatic carbocycles. The van der Waals surface area contributed by atoms with Gasteiger partial charge in [0.1, 0.15) is 5.75 Å². The summed E-state index contributed by atoms with van der Waals surface area (Å²) >= 11 is 0. The largest absolute Gasteiger partial charge is 0.476 e. The maximum absolute atomic E-state index is 10.9. The van der Waals surface area contributed by atoms with Crippen molar-refractivity contribution < 1.29 is 19.7 Å². The number of hydrogen-bond donors (Lipinski definition) is 2. The summed E-state index contributed by atoms with van der Waals surface area (Å²) in [5.74, 6) is -3.15. The number of aliphatic carboxylic acids is 1. The van der Waals surface area contributed by atoms with E-state index in [0.717, 1.165) is 5.56 Å². The highest BCUT2D eigenvalue weighted by atomic mass is 16.6. The molecule has 1 atom stereocenters. The van der Waals surface area contributed by atoms with Gasteiger partial charge in [-0.1, -0.05) is 24.6 Å². The molecule has 0 amide bonds. The van der Waals surface area contributed by atoms with Crippen LogP contribution >= 0.6 is 0 Å². The van der Waals surface area contributed by atoms with Crippen LogP contribution in [0.5, 0.6) is 5.75 Å². The van der Waals surface area contributed by atoms with Crippen molar-refractivity contribution in [3.05, 3.63) is 29.8 Å². The first-order valence-corrected chi connectivity index (χ1v) is 5.19. The maximum atomic E-state index is 10.9. The second-order valence-electron chi connectivity index (χ2n) is 3.75. The second kappa shape index (κ2) is 4.99. The fourth-order valence-corrected chi connectivity index (χ4v) is 1.34. The van der Waals surface area contributed by atoms with Crippen molar-refractivity contribution in [3.63, 3.8) is 0 Å². The molecule has 0 heterocycles. The molecule has 0 fully saturated rings. The van der Waals surface area contributed by atoms with E-state index in [9.17, 15) is 9.90 Å². The van der Waals surface area contributed by atoms with Crippen LogP contribution < -0.4 is 4.74 Å². The Labute approximate surface area is 94.5 Å². The molecule has 0 bridgehead atoms. The van der Waals surface area contributed by atoms with Crippen LogP contribution in [-0.2, 0) is 4.79 Å². The van der Waals surface area contributed by atoms with Crippen molar-refractivity contribution in [1.82, 2.24) is 0 Å². The molecular formula is C12H16O4. The SMILES string of the molecule is CCCC(O)(Oc1ccc(C)cc1)C(=O)O. The van der Waals surface area contributed by atoms with E-state index in [-0.39, 0.29) is 6.42 Å². The summed E-state index contributed by atoms with van der Waals surface area (Å²) < 4.78 is 5.11. The van der Waals surface area contributed by atoms with Crippen molar-refractivity contribution in [1.29, 1.82) is 0 Å². The average molecular weight is 224 g/mol. The Balaban J connectivity index is 2.83. The Morgan fingerprint density at radius 1 is 1.38 bits per heavy atom. The summed E-state index contributed by atoms with van der Waals surface area (Å²) in [6, 6.07) is 6.87. The number of ether oxygens (including phenoxy) is 1. The van der Waals surface area contributed by atoms with Crippen LogP contribution in [0.1, 0.15) is 25.3 Å². The lowest BCUT2D eigenvalue weighted by Crippen LogP contribution is -2.44. The van der Waals surface area contributed by atoms with Crippen LogP contribution in [0.2, 0.25) is 0 Å². The molecule has 16 heavy (non-hydrogen) atoms.